The third kappa shape index (κ3) is 11.6. The lowest BCUT2D eigenvalue weighted by molar-refractivity contribution is -0.159. The summed E-state index contributed by atoms with van der Waals surface area (Å²) < 4.78 is 8.28. The quantitative estimate of drug-likeness (QED) is 0.136. The van der Waals surface area contributed by atoms with Gasteiger partial charge < -0.3 is 35.2 Å². The van der Waals surface area contributed by atoms with Gasteiger partial charge in [0.2, 0.25) is 0 Å². The third-order valence-corrected chi connectivity index (χ3v) is 9.10. The Balaban J connectivity index is 0.000000446. The van der Waals surface area contributed by atoms with Gasteiger partial charge >= 0.3 is 23.9 Å². The van der Waals surface area contributed by atoms with Crippen molar-refractivity contribution in [2.75, 3.05) is 40.3 Å². The number of hydrogen-bond donors (Lipinski definition) is 5. The predicted molar refractivity (Wildman–Crippen MR) is 185 cm³/mol. The average Bonchev–Trinajstić information content (AvgIpc) is 3.67. The van der Waals surface area contributed by atoms with E-state index >= 15 is 0 Å². The number of carboxylic acids is 4. The van der Waals surface area contributed by atoms with E-state index in [9.17, 15) is 5.11 Å². The Morgan fingerprint density at radius 3 is 2.00 bits per heavy atom. The Hall–Kier alpha value is -4.50. The monoisotopic (exact) mass is 744 g/mol. The van der Waals surface area contributed by atoms with Crippen molar-refractivity contribution in [1.29, 1.82) is 0 Å². The van der Waals surface area contributed by atoms with Crippen LogP contribution in [0.2, 0.25) is 0 Å². The van der Waals surface area contributed by atoms with Crippen LogP contribution in [-0.4, -0.2) is 99.5 Å². The van der Waals surface area contributed by atoms with Gasteiger partial charge in [-0.2, -0.15) is 0 Å². The molecular weight excluding hydrogens is 708 g/mol. The first-order valence-corrected chi connectivity index (χ1v) is 16.4. The number of phenolic OH excluding ortho intramolecular Hbond substituents is 1. The Morgan fingerprint density at radius 1 is 0.854 bits per heavy atom. The fraction of sp³-hybridized carbons (Fsp3) is 0.294. The molecule has 1 saturated heterocycles. The highest BCUT2D eigenvalue weighted by atomic mass is 79.9. The molecule has 4 aromatic rings. The molecule has 5 N–H and O–H groups in total. The van der Waals surface area contributed by atoms with E-state index in [4.69, 9.17) is 44.3 Å². The molecule has 256 valence electrons. The van der Waals surface area contributed by atoms with Crippen LogP contribution in [0.1, 0.15) is 29.5 Å². The molecule has 5 rings (SSSR count). The van der Waals surface area contributed by atoms with Crippen molar-refractivity contribution >= 4 is 61.2 Å². The van der Waals surface area contributed by atoms with Gasteiger partial charge in [-0.25, -0.2) is 19.2 Å². The molecular formula is C34H37BrN2O10S. The summed E-state index contributed by atoms with van der Waals surface area (Å²) in [6.45, 7) is 5.02. The van der Waals surface area contributed by atoms with Gasteiger partial charge in [-0.05, 0) is 123 Å². The number of aliphatic carboxylic acids is 4. The molecule has 12 nitrogen and oxygen atoms in total. The lowest BCUT2D eigenvalue weighted by Gasteiger charge is -2.15. The maximum Gasteiger partial charge on any atom is 0.414 e. The SMILES string of the molecule is CN(C)Cc1ccc(Cc2c(-c3ccc(OCCN4CCCC4)cc3)sc3cc(O)ccc23)cc1Br.O=C(O)C(=O)O.O=C(O)C(=O)O. The van der Waals surface area contributed by atoms with Crippen LogP contribution in [0.4, 0.5) is 0 Å². The number of fused-ring (bicyclic) bond motifs is 1. The molecule has 0 spiro atoms. The topological polar surface area (TPSA) is 185 Å². The zero-order chi connectivity index (χ0) is 35.4. The van der Waals surface area contributed by atoms with Crippen LogP contribution in [-0.2, 0) is 32.1 Å². The van der Waals surface area contributed by atoms with E-state index in [1.807, 2.05) is 12.1 Å². The zero-order valence-electron chi connectivity index (χ0n) is 26.4. The molecule has 0 saturated carbocycles. The highest BCUT2D eigenvalue weighted by molar-refractivity contribution is 9.10. The van der Waals surface area contributed by atoms with Gasteiger partial charge in [0.1, 0.15) is 18.1 Å². The van der Waals surface area contributed by atoms with E-state index < -0.39 is 23.9 Å². The molecule has 0 bridgehead atoms. The van der Waals surface area contributed by atoms with E-state index in [2.05, 4.69) is 82.3 Å². The molecule has 1 fully saturated rings. The summed E-state index contributed by atoms with van der Waals surface area (Å²) in [5.74, 6) is -6.08. The van der Waals surface area contributed by atoms with Crippen LogP contribution in [0.25, 0.3) is 20.5 Å². The summed E-state index contributed by atoms with van der Waals surface area (Å²) >= 11 is 5.52. The van der Waals surface area contributed by atoms with Crippen LogP contribution >= 0.6 is 27.3 Å². The third-order valence-electron chi connectivity index (χ3n) is 7.12. The summed E-state index contributed by atoms with van der Waals surface area (Å²) in [5.41, 5.74) is 5.02. The van der Waals surface area contributed by atoms with Crippen molar-refractivity contribution in [3.8, 4) is 21.9 Å². The smallest absolute Gasteiger partial charge is 0.414 e. The van der Waals surface area contributed by atoms with E-state index in [-0.39, 0.29) is 0 Å². The first kappa shape index (κ1) is 38.0. The highest BCUT2D eigenvalue weighted by Crippen LogP contribution is 2.41. The number of carboxylic acid groups (broad SMARTS) is 4. The van der Waals surface area contributed by atoms with Gasteiger partial charge in [-0.3, -0.25) is 4.90 Å². The summed E-state index contributed by atoms with van der Waals surface area (Å²) in [7, 11) is 4.17. The largest absolute Gasteiger partial charge is 0.508 e. The Labute approximate surface area is 289 Å². The Kier molecular flexibility index (Phi) is 14.4. The van der Waals surface area contributed by atoms with Gasteiger partial charge in [0.15, 0.2) is 0 Å². The minimum atomic E-state index is -1.82. The minimum absolute atomic E-state index is 0.305. The number of rotatable bonds is 9. The molecule has 14 heteroatoms. The molecule has 2 heterocycles. The number of phenols is 1. The number of ether oxygens (including phenoxy) is 1. The summed E-state index contributed by atoms with van der Waals surface area (Å²) in [4.78, 5) is 42.3. The minimum Gasteiger partial charge on any atom is -0.508 e. The van der Waals surface area contributed by atoms with Crippen LogP contribution < -0.4 is 4.74 Å². The number of nitrogens with zero attached hydrogens (tertiary/aromatic N) is 2. The fourth-order valence-corrected chi connectivity index (χ4v) is 6.73. The molecule has 0 radical (unpaired) electrons. The lowest BCUT2D eigenvalue weighted by atomic mass is 9.98. The summed E-state index contributed by atoms with van der Waals surface area (Å²) in [5, 5.41) is 40.9. The molecule has 1 aliphatic heterocycles. The normalized spacial score (nSPS) is 12.5. The molecule has 0 aliphatic carbocycles. The number of likely N-dealkylation sites (tertiary alicyclic amines) is 1. The number of thiophene rings is 1. The van der Waals surface area contributed by atoms with E-state index in [0.29, 0.717) is 5.75 Å². The summed E-state index contributed by atoms with van der Waals surface area (Å²) in [6.07, 6.45) is 3.44. The van der Waals surface area contributed by atoms with Gasteiger partial charge in [0.05, 0.1) is 0 Å². The second-order valence-electron chi connectivity index (χ2n) is 11.1. The van der Waals surface area contributed by atoms with Crippen LogP contribution in [0.5, 0.6) is 11.5 Å². The molecule has 1 aromatic heterocycles. The predicted octanol–water partition coefficient (Wildman–Crippen LogP) is 5.47. The van der Waals surface area contributed by atoms with Gasteiger partial charge in [0.25, 0.3) is 0 Å². The van der Waals surface area contributed by atoms with Crippen molar-refractivity contribution in [1.82, 2.24) is 9.80 Å². The molecule has 1 aliphatic rings. The zero-order valence-corrected chi connectivity index (χ0v) is 28.8. The van der Waals surface area contributed by atoms with Crippen molar-refractivity contribution in [2.24, 2.45) is 0 Å². The van der Waals surface area contributed by atoms with Crippen molar-refractivity contribution < 1.29 is 49.4 Å². The van der Waals surface area contributed by atoms with Gasteiger partial charge in [-0.15, -0.1) is 11.3 Å². The number of aromatic hydroxyl groups is 1. The van der Waals surface area contributed by atoms with E-state index in [1.165, 1.54) is 58.4 Å². The standard InChI is InChI=1S/C30H33BrN2O2S.2C2H2O4/c1-32(2)20-23-6-5-21(18-28(23)31)17-27-26-12-9-24(34)19-29(26)36-30(27)22-7-10-25(11-8-22)35-16-15-33-13-3-4-14-33;2*3-1(4)2(5)6/h5-12,18-19,34H,3-4,13-17,20H2,1-2H3;2*(H,3,4)(H,5,6). The van der Waals surface area contributed by atoms with Gasteiger partial charge in [0, 0.05) is 27.1 Å². The number of hydrogen-bond acceptors (Lipinski definition) is 9. The molecule has 0 amide bonds. The second-order valence-corrected chi connectivity index (χ2v) is 13.0. The van der Waals surface area contributed by atoms with E-state index in [0.717, 1.165) is 41.0 Å². The highest BCUT2D eigenvalue weighted by Gasteiger charge is 2.17. The molecule has 48 heavy (non-hydrogen) atoms. The van der Waals surface area contributed by atoms with Crippen molar-refractivity contribution in [3.63, 3.8) is 0 Å². The molecule has 0 atom stereocenters. The van der Waals surface area contributed by atoms with Crippen molar-refractivity contribution in [2.45, 2.75) is 25.8 Å². The van der Waals surface area contributed by atoms with Gasteiger partial charge in [-0.1, -0.05) is 28.1 Å². The average molecular weight is 746 g/mol. The Morgan fingerprint density at radius 2 is 1.46 bits per heavy atom. The maximum absolute atomic E-state index is 10.1. The first-order valence-electron chi connectivity index (χ1n) is 14.8. The second kappa shape index (κ2) is 18.2. The Bertz CT molecular complexity index is 1690. The summed E-state index contributed by atoms with van der Waals surface area (Å²) in [6, 6.07) is 20.9. The van der Waals surface area contributed by atoms with Crippen molar-refractivity contribution in [3.05, 3.63) is 81.8 Å². The fourth-order valence-electron chi connectivity index (χ4n) is 4.92. The van der Waals surface area contributed by atoms with Crippen LogP contribution in [0.15, 0.2) is 65.1 Å². The maximum atomic E-state index is 10.1. The lowest BCUT2D eigenvalue weighted by Crippen LogP contribution is -2.25. The molecule has 3 aromatic carbocycles. The van der Waals surface area contributed by atoms with Crippen LogP contribution in [0, 0.1) is 0 Å². The van der Waals surface area contributed by atoms with E-state index in [1.54, 1.807) is 17.4 Å². The number of benzene rings is 3. The molecule has 0 unspecified atom stereocenters. The van der Waals surface area contributed by atoms with Crippen LogP contribution in [0.3, 0.4) is 0 Å². The number of halogens is 1. The first-order chi connectivity index (χ1) is 22.7. The number of carbonyl (C=O) groups is 4.